The van der Waals surface area contributed by atoms with Gasteiger partial charge in [0.15, 0.2) is 0 Å². The number of methoxy groups -OCH3 is 2. The first-order valence-corrected chi connectivity index (χ1v) is 10.1. The standard InChI is InChI=1S/C19H24N2O5S/c1-13-9-10-18(26-4)17(11-13)21(27(5,23)24)14(2)19(22)20-15-7-6-8-16(12-15)25-3/h6-12,14H,1-5H3,(H,20,22)/t14-/m0/s1. The second-order valence-electron chi connectivity index (χ2n) is 6.13. The van der Waals surface area contributed by atoms with E-state index >= 15 is 0 Å². The Morgan fingerprint density at radius 2 is 1.81 bits per heavy atom. The SMILES string of the molecule is COc1cccc(NC(=O)[C@H](C)N(c2cc(C)ccc2OC)S(C)(=O)=O)c1. The second-order valence-corrected chi connectivity index (χ2v) is 7.99. The van der Waals surface area contributed by atoms with E-state index in [4.69, 9.17) is 9.47 Å². The number of amides is 1. The molecule has 0 aliphatic rings. The van der Waals surface area contributed by atoms with E-state index in [0.29, 0.717) is 22.9 Å². The third-order valence-corrected chi connectivity index (χ3v) is 5.23. The van der Waals surface area contributed by atoms with Gasteiger partial charge in [-0.05, 0) is 43.7 Å². The molecule has 2 rings (SSSR count). The summed E-state index contributed by atoms with van der Waals surface area (Å²) in [7, 11) is -0.768. The van der Waals surface area contributed by atoms with Crippen LogP contribution in [0.1, 0.15) is 12.5 Å². The van der Waals surface area contributed by atoms with Crippen molar-refractivity contribution in [2.24, 2.45) is 0 Å². The van der Waals surface area contributed by atoms with Crippen LogP contribution in [0.25, 0.3) is 0 Å². The number of nitrogens with one attached hydrogen (secondary N) is 1. The largest absolute Gasteiger partial charge is 0.497 e. The highest BCUT2D eigenvalue weighted by atomic mass is 32.2. The molecule has 0 heterocycles. The average molecular weight is 392 g/mol. The molecule has 0 bridgehead atoms. The smallest absolute Gasteiger partial charge is 0.247 e. The predicted molar refractivity (Wildman–Crippen MR) is 106 cm³/mol. The average Bonchev–Trinajstić information content (AvgIpc) is 2.61. The Kier molecular flexibility index (Phi) is 6.32. The van der Waals surface area contributed by atoms with E-state index in [0.717, 1.165) is 16.1 Å². The lowest BCUT2D eigenvalue weighted by molar-refractivity contribution is -0.116. The molecule has 27 heavy (non-hydrogen) atoms. The maximum Gasteiger partial charge on any atom is 0.247 e. The topological polar surface area (TPSA) is 84.9 Å². The number of sulfonamides is 1. The van der Waals surface area contributed by atoms with Crippen molar-refractivity contribution in [3.05, 3.63) is 48.0 Å². The molecule has 0 aliphatic heterocycles. The van der Waals surface area contributed by atoms with Crippen LogP contribution in [0.3, 0.4) is 0 Å². The molecule has 0 spiro atoms. The van der Waals surface area contributed by atoms with Crippen molar-refractivity contribution < 1.29 is 22.7 Å². The van der Waals surface area contributed by atoms with Crippen LogP contribution in [0.2, 0.25) is 0 Å². The maximum absolute atomic E-state index is 12.8. The van der Waals surface area contributed by atoms with Crippen molar-refractivity contribution in [3.8, 4) is 11.5 Å². The normalized spacial score (nSPS) is 12.2. The van der Waals surface area contributed by atoms with Crippen LogP contribution in [0.15, 0.2) is 42.5 Å². The minimum atomic E-state index is -3.75. The molecule has 8 heteroatoms. The molecule has 1 amide bonds. The summed E-state index contributed by atoms with van der Waals surface area (Å²) >= 11 is 0. The summed E-state index contributed by atoms with van der Waals surface area (Å²) in [6.45, 7) is 3.36. The van der Waals surface area contributed by atoms with E-state index in [1.54, 1.807) is 36.4 Å². The van der Waals surface area contributed by atoms with Gasteiger partial charge >= 0.3 is 0 Å². The van der Waals surface area contributed by atoms with E-state index in [-0.39, 0.29) is 0 Å². The molecule has 0 fully saturated rings. The lowest BCUT2D eigenvalue weighted by Gasteiger charge is -2.29. The van der Waals surface area contributed by atoms with Gasteiger partial charge in [-0.2, -0.15) is 0 Å². The molecule has 146 valence electrons. The molecule has 2 aromatic carbocycles. The fourth-order valence-corrected chi connectivity index (χ4v) is 3.87. The molecule has 1 N–H and O–H groups in total. The number of hydrogen-bond donors (Lipinski definition) is 1. The molecule has 0 saturated carbocycles. The number of rotatable bonds is 7. The van der Waals surface area contributed by atoms with Gasteiger partial charge in [0.1, 0.15) is 17.5 Å². The first-order chi connectivity index (χ1) is 12.7. The molecule has 7 nitrogen and oxygen atoms in total. The zero-order valence-electron chi connectivity index (χ0n) is 16.0. The quantitative estimate of drug-likeness (QED) is 0.783. The number of nitrogens with zero attached hydrogens (tertiary/aromatic N) is 1. The van der Waals surface area contributed by atoms with E-state index in [9.17, 15) is 13.2 Å². The van der Waals surface area contributed by atoms with Crippen molar-refractivity contribution in [2.75, 3.05) is 30.1 Å². The van der Waals surface area contributed by atoms with Crippen LogP contribution >= 0.6 is 0 Å². The lowest BCUT2D eigenvalue weighted by atomic mass is 10.2. The molecular weight excluding hydrogens is 368 g/mol. The number of carbonyl (C=O) groups is 1. The molecule has 0 saturated heterocycles. The molecule has 2 aromatic rings. The summed E-state index contributed by atoms with van der Waals surface area (Å²) in [6, 6.07) is 11.0. The van der Waals surface area contributed by atoms with Gasteiger partial charge in [0.25, 0.3) is 0 Å². The van der Waals surface area contributed by atoms with Gasteiger partial charge in [0, 0.05) is 11.8 Å². The van der Waals surface area contributed by atoms with Crippen molar-refractivity contribution in [1.29, 1.82) is 0 Å². The second kappa shape index (κ2) is 8.30. The highest BCUT2D eigenvalue weighted by Crippen LogP contribution is 2.33. The molecule has 0 radical (unpaired) electrons. The lowest BCUT2D eigenvalue weighted by Crippen LogP contribution is -2.45. The van der Waals surface area contributed by atoms with E-state index < -0.39 is 22.0 Å². The van der Waals surface area contributed by atoms with E-state index in [1.165, 1.54) is 21.1 Å². The Balaban J connectivity index is 2.39. The van der Waals surface area contributed by atoms with Gasteiger partial charge in [-0.25, -0.2) is 8.42 Å². The molecule has 0 aliphatic carbocycles. The van der Waals surface area contributed by atoms with E-state index in [2.05, 4.69) is 5.32 Å². The molecule has 0 unspecified atom stereocenters. The Morgan fingerprint density at radius 3 is 2.41 bits per heavy atom. The number of ether oxygens (including phenoxy) is 2. The first-order valence-electron chi connectivity index (χ1n) is 8.26. The van der Waals surface area contributed by atoms with Gasteiger partial charge in [-0.15, -0.1) is 0 Å². The summed E-state index contributed by atoms with van der Waals surface area (Å²) < 4.78 is 36.5. The third kappa shape index (κ3) is 4.91. The Bertz CT molecular complexity index is 927. The first kappa shape index (κ1) is 20.6. The number of carbonyl (C=O) groups excluding carboxylic acids is 1. The van der Waals surface area contributed by atoms with Gasteiger partial charge in [-0.3, -0.25) is 9.10 Å². The van der Waals surface area contributed by atoms with Crippen LogP contribution in [0.4, 0.5) is 11.4 Å². The Morgan fingerprint density at radius 1 is 1.11 bits per heavy atom. The van der Waals surface area contributed by atoms with Gasteiger partial charge < -0.3 is 14.8 Å². The highest BCUT2D eigenvalue weighted by Gasteiger charge is 2.31. The molecule has 0 aromatic heterocycles. The van der Waals surface area contributed by atoms with Crippen LogP contribution in [-0.4, -0.2) is 40.8 Å². The minimum absolute atomic E-state index is 0.313. The number of benzene rings is 2. The van der Waals surface area contributed by atoms with Crippen LogP contribution in [-0.2, 0) is 14.8 Å². The summed E-state index contributed by atoms with van der Waals surface area (Å²) in [4.78, 5) is 12.8. The number of anilines is 2. The minimum Gasteiger partial charge on any atom is -0.497 e. The number of aryl methyl sites for hydroxylation is 1. The van der Waals surface area contributed by atoms with Crippen molar-refractivity contribution in [2.45, 2.75) is 19.9 Å². The monoisotopic (exact) mass is 392 g/mol. The van der Waals surface area contributed by atoms with Crippen LogP contribution in [0, 0.1) is 6.92 Å². The zero-order valence-corrected chi connectivity index (χ0v) is 16.8. The number of hydrogen-bond acceptors (Lipinski definition) is 5. The Hall–Kier alpha value is -2.74. The summed E-state index contributed by atoms with van der Waals surface area (Å²) in [5.74, 6) is 0.477. The van der Waals surface area contributed by atoms with E-state index in [1.807, 2.05) is 13.0 Å². The van der Waals surface area contributed by atoms with Crippen LogP contribution < -0.4 is 19.1 Å². The van der Waals surface area contributed by atoms with Crippen LogP contribution in [0.5, 0.6) is 11.5 Å². The third-order valence-electron chi connectivity index (χ3n) is 4.00. The zero-order chi connectivity index (χ0) is 20.2. The van der Waals surface area contributed by atoms with Gasteiger partial charge in [-0.1, -0.05) is 12.1 Å². The summed E-state index contributed by atoms with van der Waals surface area (Å²) in [5.41, 5.74) is 1.67. The van der Waals surface area contributed by atoms with Crippen molar-refractivity contribution in [1.82, 2.24) is 0 Å². The maximum atomic E-state index is 12.8. The fraction of sp³-hybridized carbons (Fsp3) is 0.316. The molecular formula is C19H24N2O5S. The van der Waals surface area contributed by atoms with Crippen molar-refractivity contribution >= 4 is 27.3 Å². The highest BCUT2D eigenvalue weighted by molar-refractivity contribution is 7.92. The summed E-state index contributed by atoms with van der Waals surface area (Å²) in [6.07, 6.45) is 1.06. The summed E-state index contributed by atoms with van der Waals surface area (Å²) in [5, 5.41) is 2.72. The van der Waals surface area contributed by atoms with Gasteiger partial charge in [0.2, 0.25) is 15.9 Å². The fourth-order valence-electron chi connectivity index (χ4n) is 2.70. The van der Waals surface area contributed by atoms with Crippen molar-refractivity contribution in [3.63, 3.8) is 0 Å². The van der Waals surface area contributed by atoms with Gasteiger partial charge in [0.05, 0.1) is 26.2 Å². The predicted octanol–water partition coefficient (Wildman–Crippen LogP) is 2.81. The molecule has 1 atom stereocenters. The Labute approximate surface area is 160 Å².